The van der Waals surface area contributed by atoms with Crippen molar-refractivity contribution in [2.24, 2.45) is 5.73 Å². The molecule has 2 rings (SSSR count). The molecule has 0 saturated heterocycles. The molecule has 0 amide bonds. The van der Waals surface area contributed by atoms with Crippen LogP contribution in [0, 0.1) is 0 Å². The van der Waals surface area contributed by atoms with Crippen molar-refractivity contribution in [2.75, 3.05) is 7.11 Å². The largest absolute Gasteiger partial charge is 0.497 e. The molecule has 1 heterocycles. The van der Waals surface area contributed by atoms with Gasteiger partial charge in [0.05, 0.1) is 7.11 Å². The maximum Gasteiger partial charge on any atom is 0.228 e. The highest BCUT2D eigenvalue weighted by Crippen LogP contribution is 2.19. The zero-order valence-electron chi connectivity index (χ0n) is 10.6. The average molecular weight is 247 g/mol. The van der Waals surface area contributed by atoms with E-state index in [0.29, 0.717) is 18.1 Å². The molecular weight excluding hydrogens is 230 g/mol. The van der Waals surface area contributed by atoms with Gasteiger partial charge >= 0.3 is 0 Å². The summed E-state index contributed by atoms with van der Waals surface area (Å²) in [7, 11) is 1.63. The molecule has 5 heteroatoms. The number of benzene rings is 1. The van der Waals surface area contributed by atoms with Gasteiger partial charge in [-0.3, -0.25) is 0 Å². The summed E-state index contributed by atoms with van der Waals surface area (Å²) in [6.07, 6.45) is 1.50. The molecule has 5 nitrogen and oxygen atoms in total. The maximum atomic E-state index is 5.85. The van der Waals surface area contributed by atoms with Gasteiger partial charge in [-0.2, -0.15) is 4.98 Å². The third-order valence-electron chi connectivity index (χ3n) is 2.78. The van der Waals surface area contributed by atoms with Gasteiger partial charge in [0.15, 0.2) is 0 Å². The van der Waals surface area contributed by atoms with E-state index in [9.17, 15) is 0 Å². The number of hydrogen-bond acceptors (Lipinski definition) is 5. The topological polar surface area (TPSA) is 74.2 Å². The average Bonchev–Trinajstić information content (AvgIpc) is 2.87. The van der Waals surface area contributed by atoms with E-state index in [-0.39, 0.29) is 6.04 Å². The van der Waals surface area contributed by atoms with Crippen molar-refractivity contribution in [3.63, 3.8) is 0 Å². The Kier molecular flexibility index (Phi) is 3.94. The molecule has 0 saturated carbocycles. The molecule has 0 aliphatic rings. The third-order valence-corrected chi connectivity index (χ3v) is 2.78. The molecule has 1 aromatic carbocycles. The number of hydrogen-bond donors (Lipinski definition) is 1. The van der Waals surface area contributed by atoms with Crippen LogP contribution in [-0.2, 0) is 6.42 Å². The van der Waals surface area contributed by atoms with E-state index in [1.807, 2.05) is 31.2 Å². The van der Waals surface area contributed by atoms with Crippen LogP contribution < -0.4 is 10.5 Å². The van der Waals surface area contributed by atoms with Crippen LogP contribution in [0.1, 0.15) is 19.2 Å². The lowest BCUT2D eigenvalue weighted by Gasteiger charge is -2.02. The summed E-state index contributed by atoms with van der Waals surface area (Å²) >= 11 is 0. The second kappa shape index (κ2) is 5.64. The molecule has 96 valence electrons. The lowest BCUT2D eigenvalue weighted by Crippen LogP contribution is -2.21. The molecule has 1 unspecified atom stereocenters. The van der Waals surface area contributed by atoms with Gasteiger partial charge in [-0.05, 0) is 30.7 Å². The number of rotatable bonds is 5. The van der Waals surface area contributed by atoms with Crippen LogP contribution in [0.2, 0.25) is 0 Å². The van der Waals surface area contributed by atoms with Gasteiger partial charge in [-0.1, -0.05) is 12.1 Å². The number of methoxy groups -OCH3 is 1. The quantitative estimate of drug-likeness (QED) is 0.875. The molecule has 0 bridgehead atoms. The first-order valence-corrected chi connectivity index (χ1v) is 5.95. The van der Waals surface area contributed by atoms with E-state index < -0.39 is 0 Å². The minimum absolute atomic E-state index is 0.0640. The Balaban J connectivity index is 2.13. The molecule has 2 N–H and O–H groups in total. The zero-order valence-corrected chi connectivity index (χ0v) is 10.6. The van der Waals surface area contributed by atoms with Crippen LogP contribution in [0.15, 0.2) is 28.8 Å². The molecule has 0 aliphatic heterocycles. The monoisotopic (exact) mass is 247 g/mol. The summed E-state index contributed by atoms with van der Waals surface area (Å²) in [5.41, 5.74) is 6.75. The first-order chi connectivity index (χ1) is 8.72. The molecule has 0 spiro atoms. The Hall–Kier alpha value is -1.88. The van der Waals surface area contributed by atoms with Crippen molar-refractivity contribution in [1.82, 2.24) is 10.1 Å². The van der Waals surface area contributed by atoms with E-state index in [0.717, 1.165) is 17.7 Å². The minimum Gasteiger partial charge on any atom is -0.497 e. The Bertz CT molecular complexity index is 493. The van der Waals surface area contributed by atoms with E-state index >= 15 is 0 Å². The van der Waals surface area contributed by atoms with Crippen molar-refractivity contribution in [3.8, 4) is 17.1 Å². The molecule has 1 aromatic heterocycles. The van der Waals surface area contributed by atoms with Gasteiger partial charge in [0.2, 0.25) is 11.7 Å². The smallest absolute Gasteiger partial charge is 0.228 e. The third kappa shape index (κ3) is 2.87. The molecule has 0 aliphatic carbocycles. The van der Waals surface area contributed by atoms with Crippen molar-refractivity contribution >= 4 is 0 Å². The van der Waals surface area contributed by atoms with Gasteiger partial charge < -0.3 is 15.0 Å². The van der Waals surface area contributed by atoms with Gasteiger partial charge in [-0.25, -0.2) is 0 Å². The second-order valence-electron chi connectivity index (χ2n) is 4.11. The standard InChI is InChI=1S/C13H17N3O2/c1-3-10(14)8-12-15-13(16-18-12)9-4-6-11(17-2)7-5-9/h4-7,10H,3,8,14H2,1-2H3. The van der Waals surface area contributed by atoms with Crippen LogP contribution in [0.3, 0.4) is 0 Å². The molecule has 2 aromatic rings. The Morgan fingerprint density at radius 1 is 1.33 bits per heavy atom. The van der Waals surface area contributed by atoms with E-state index in [2.05, 4.69) is 10.1 Å². The summed E-state index contributed by atoms with van der Waals surface area (Å²) in [5.74, 6) is 1.96. The highest BCUT2D eigenvalue weighted by molar-refractivity contribution is 5.55. The molecule has 18 heavy (non-hydrogen) atoms. The van der Waals surface area contributed by atoms with Crippen LogP contribution in [0.5, 0.6) is 5.75 Å². The lowest BCUT2D eigenvalue weighted by molar-refractivity contribution is 0.368. The maximum absolute atomic E-state index is 5.85. The highest BCUT2D eigenvalue weighted by atomic mass is 16.5. The van der Waals surface area contributed by atoms with Gasteiger partial charge in [0.25, 0.3) is 0 Å². The molecule has 1 atom stereocenters. The van der Waals surface area contributed by atoms with Crippen LogP contribution in [0.25, 0.3) is 11.4 Å². The Morgan fingerprint density at radius 2 is 2.06 bits per heavy atom. The van der Waals surface area contributed by atoms with E-state index in [4.69, 9.17) is 15.0 Å². The second-order valence-corrected chi connectivity index (χ2v) is 4.11. The number of nitrogens with zero attached hydrogens (tertiary/aromatic N) is 2. The van der Waals surface area contributed by atoms with Crippen LogP contribution >= 0.6 is 0 Å². The van der Waals surface area contributed by atoms with Crippen molar-refractivity contribution < 1.29 is 9.26 Å². The van der Waals surface area contributed by atoms with Gasteiger partial charge in [0, 0.05) is 18.0 Å². The Morgan fingerprint density at radius 3 is 2.67 bits per heavy atom. The number of aromatic nitrogens is 2. The molecule has 0 fully saturated rings. The first-order valence-electron chi connectivity index (χ1n) is 5.95. The van der Waals surface area contributed by atoms with Crippen LogP contribution in [-0.4, -0.2) is 23.3 Å². The molecular formula is C13H17N3O2. The predicted octanol–water partition coefficient (Wildman–Crippen LogP) is 2.02. The summed E-state index contributed by atoms with van der Waals surface area (Å²) in [4.78, 5) is 4.33. The summed E-state index contributed by atoms with van der Waals surface area (Å²) < 4.78 is 10.3. The fraction of sp³-hybridized carbons (Fsp3) is 0.385. The summed E-state index contributed by atoms with van der Waals surface area (Å²) in [6.45, 7) is 2.03. The van der Waals surface area contributed by atoms with E-state index in [1.165, 1.54) is 0 Å². The van der Waals surface area contributed by atoms with Crippen molar-refractivity contribution in [2.45, 2.75) is 25.8 Å². The lowest BCUT2D eigenvalue weighted by atomic mass is 10.2. The van der Waals surface area contributed by atoms with Crippen molar-refractivity contribution in [1.29, 1.82) is 0 Å². The fourth-order valence-corrected chi connectivity index (χ4v) is 1.56. The minimum atomic E-state index is 0.0640. The predicted molar refractivity (Wildman–Crippen MR) is 68.3 cm³/mol. The van der Waals surface area contributed by atoms with Gasteiger partial charge in [0.1, 0.15) is 5.75 Å². The van der Waals surface area contributed by atoms with Gasteiger partial charge in [-0.15, -0.1) is 0 Å². The number of nitrogens with two attached hydrogens (primary N) is 1. The SMILES string of the molecule is CCC(N)Cc1nc(-c2ccc(OC)cc2)no1. The molecule has 0 radical (unpaired) electrons. The fourth-order valence-electron chi connectivity index (χ4n) is 1.56. The zero-order chi connectivity index (χ0) is 13.0. The number of ether oxygens (including phenoxy) is 1. The highest BCUT2D eigenvalue weighted by Gasteiger charge is 2.11. The summed E-state index contributed by atoms with van der Waals surface area (Å²) in [5, 5.41) is 3.95. The summed E-state index contributed by atoms with van der Waals surface area (Å²) in [6, 6.07) is 7.58. The van der Waals surface area contributed by atoms with Crippen LogP contribution in [0.4, 0.5) is 0 Å². The van der Waals surface area contributed by atoms with Crippen molar-refractivity contribution in [3.05, 3.63) is 30.2 Å². The first kappa shape index (κ1) is 12.6. The normalized spacial score (nSPS) is 12.4. The Labute approximate surface area is 106 Å². The van der Waals surface area contributed by atoms with E-state index in [1.54, 1.807) is 7.11 Å².